The highest BCUT2D eigenvalue weighted by molar-refractivity contribution is 5.82. The minimum atomic E-state index is 0.755. The van der Waals surface area contributed by atoms with Crippen LogP contribution in [0.2, 0.25) is 0 Å². The van der Waals surface area contributed by atoms with Gasteiger partial charge in [-0.1, -0.05) is 17.3 Å². The number of fused-ring (bicyclic) bond motifs is 1. The van der Waals surface area contributed by atoms with E-state index in [-0.39, 0.29) is 0 Å². The standard InChI is InChI=1S/C12H16N2O/c1-9-11-7-4-6-10(5-2-3-8-13)12(11)15-14-9/h4,6-7H,2-3,5,8,13H2,1H3. The first-order valence-corrected chi connectivity index (χ1v) is 5.37. The van der Waals surface area contributed by atoms with E-state index in [0.717, 1.165) is 42.5 Å². The molecule has 2 rings (SSSR count). The number of nitrogens with zero attached hydrogens (tertiary/aromatic N) is 1. The van der Waals surface area contributed by atoms with Gasteiger partial charge in [-0.15, -0.1) is 0 Å². The van der Waals surface area contributed by atoms with Crippen molar-refractivity contribution in [2.24, 2.45) is 5.73 Å². The van der Waals surface area contributed by atoms with Crippen molar-refractivity contribution in [1.29, 1.82) is 0 Å². The predicted octanol–water partition coefficient (Wildman–Crippen LogP) is 2.42. The molecule has 1 aromatic carbocycles. The molecular formula is C12H16N2O. The average molecular weight is 204 g/mol. The Morgan fingerprint density at radius 1 is 1.33 bits per heavy atom. The number of aromatic nitrogens is 1. The van der Waals surface area contributed by atoms with E-state index in [4.69, 9.17) is 10.3 Å². The van der Waals surface area contributed by atoms with Gasteiger partial charge in [0.1, 0.15) is 0 Å². The van der Waals surface area contributed by atoms with Gasteiger partial charge in [-0.2, -0.15) is 0 Å². The third kappa shape index (κ3) is 2.02. The lowest BCUT2D eigenvalue weighted by molar-refractivity contribution is 0.447. The number of hydrogen-bond donors (Lipinski definition) is 1. The lowest BCUT2D eigenvalue weighted by Gasteiger charge is -2.00. The second-order valence-electron chi connectivity index (χ2n) is 3.81. The third-order valence-electron chi connectivity index (χ3n) is 2.66. The summed E-state index contributed by atoms with van der Waals surface area (Å²) in [5.41, 5.74) is 8.61. The highest BCUT2D eigenvalue weighted by Gasteiger charge is 2.07. The van der Waals surface area contributed by atoms with Crippen LogP contribution in [0, 0.1) is 6.92 Å². The number of rotatable bonds is 4. The van der Waals surface area contributed by atoms with Gasteiger partial charge in [-0.05, 0) is 44.4 Å². The summed E-state index contributed by atoms with van der Waals surface area (Å²) in [6.45, 7) is 2.72. The molecule has 0 atom stereocenters. The Bertz CT molecular complexity index is 448. The zero-order valence-electron chi connectivity index (χ0n) is 8.99. The summed E-state index contributed by atoms with van der Waals surface area (Å²) in [5.74, 6) is 0. The predicted molar refractivity (Wildman–Crippen MR) is 60.7 cm³/mol. The Labute approximate surface area is 89.2 Å². The number of nitrogens with two attached hydrogens (primary N) is 1. The van der Waals surface area contributed by atoms with Crippen LogP contribution >= 0.6 is 0 Å². The molecular weight excluding hydrogens is 188 g/mol. The van der Waals surface area contributed by atoms with Crippen LogP contribution in [0.5, 0.6) is 0 Å². The van der Waals surface area contributed by atoms with Crippen LogP contribution in [0.15, 0.2) is 22.7 Å². The van der Waals surface area contributed by atoms with Crippen molar-refractivity contribution in [3.8, 4) is 0 Å². The monoisotopic (exact) mass is 204 g/mol. The summed E-state index contributed by atoms with van der Waals surface area (Å²) < 4.78 is 5.33. The molecule has 0 unspecified atom stereocenters. The lowest BCUT2D eigenvalue weighted by Crippen LogP contribution is -1.99. The van der Waals surface area contributed by atoms with Gasteiger partial charge in [0.05, 0.1) is 5.69 Å². The van der Waals surface area contributed by atoms with E-state index >= 15 is 0 Å². The minimum absolute atomic E-state index is 0.755. The first kappa shape index (κ1) is 10.2. The van der Waals surface area contributed by atoms with Gasteiger partial charge in [0.2, 0.25) is 0 Å². The van der Waals surface area contributed by atoms with E-state index in [1.807, 2.05) is 13.0 Å². The maximum atomic E-state index is 5.47. The smallest absolute Gasteiger partial charge is 0.170 e. The van der Waals surface area contributed by atoms with E-state index in [1.54, 1.807) is 0 Å². The van der Waals surface area contributed by atoms with Crippen LogP contribution in [0.25, 0.3) is 11.0 Å². The average Bonchev–Trinajstić information content (AvgIpc) is 2.62. The topological polar surface area (TPSA) is 52.0 Å². The first-order chi connectivity index (χ1) is 7.33. The number of unbranched alkanes of at least 4 members (excludes halogenated alkanes) is 1. The number of hydrogen-bond acceptors (Lipinski definition) is 3. The molecule has 0 bridgehead atoms. The molecule has 3 heteroatoms. The molecule has 2 aromatic rings. The van der Waals surface area contributed by atoms with Crippen molar-refractivity contribution in [3.05, 3.63) is 29.5 Å². The zero-order valence-corrected chi connectivity index (χ0v) is 8.99. The minimum Gasteiger partial charge on any atom is -0.356 e. The van der Waals surface area contributed by atoms with Gasteiger partial charge in [0, 0.05) is 5.39 Å². The van der Waals surface area contributed by atoms with Gasteiger partial charge in [-0.25, -0.2) is 0 Å². The molecule has 0 saturated carbocycles. The van der Waals surface area contributed by atoms with Crippen molar-refractivity contribution < 1.29 is 4.52 Å². The molecule has 2 N–H and O–H groups in total. The lowest BCUT2D eigenvalue weighted by atomic mass is 10.1. The van der Waals surface area contributed by atoms with Crippen LogP contribution in [-0.4, -0.2) is 11.7 Å². The molecule has 1 heterocycles. The summed E-state index contributed by atoms with van der Waals surface area (Å²) in [4.78, 5) is 0. The first-order valence-electron chi connectivity index (χ1n) is 5.37. The SMILES string of the molecule is Cc1noc2c(CCCCN)cccc12. The van der Waals surface area contributed by atoms with Crippen molar-refractivity contribution in [2.45, 2.75) is 26.2 Å². The molecule has 0 saturated heterocycles. The molecule has 0 fully saturated rings. The van der Waals surface area contributed by atoms with Crippen LogP contribution in [-0.2, 0) is 6.42 Å². The van der Waals surface area contributed by atoms with Gasteiger partial charge < -0.3 is 10.3 Å². The fourth-order valence-electron chi connectivity index (χ4n) is 1.80. The van der Waals surface area contributed by atoms with Gasteiger partial charge in [-0.3, -0.25) is 0 Å². The van der Waals surface area contributed by atoms with E-state index in [2.05, 4.69) is 17.3 Å². The number of aryl methyl sites for hydroxylation is 2. The Morgan fingerprint density at radius 3 is 3.00 bits per heavy atom. The van der Waals surface area contributed by atoms with Crippen molar-refractivity contribution in [1.82, 2.24) is 5.16 Å². The van der Waals surface area contributed by atoms with Gasteiger partial charge in [0.15, 0.2) is 5.58 Å². The fourth-order valence-corrected chi connectivity index (χ4v) is 1.80. The molecule has 0 amide bonds. The second-order valence-corrected chi connectivity index (χ2v) is 3.81. The Hall–Kier alpha value is -1.35. The van der Waals surface area contributed by atoms with E-state index in [9.17, 15) is 0 Å². The molecule has 0 aliphatic rings. The fraction of sp³-hybridized carbons (Fsp3) is 0.417. The number of benzene rings is 1. The Morgan fingerprint density at radius 2 is 2.20 bits per heavy atom. The van der Waals surface area contributed by atoms with Crippen molar-refractivity contribution in [3.63, 3.8) is 0 Å². The van der Waals surface area contributed by atoms with Crippen molar-refractivity contribution >= 4 is 11.0 Å². The molecule has 0 spiro atoms. The summed E-state index contributed by atoms with van der Waals surface area (Å²) >= 11 is 0. The quantitative estimate of drug-likeness (QED) is 0.778. The molecule has 80 valence electrons. The molecule has 15 heavy (non-hydrogen) atoms. The van der Waals surface area contributed by atoms with Crippen LogP contribution in [0.1, 0.15) is 24.1 Å². The highest BCUT2D eigenvalue weighted by Crippen LogP contribution is 2.22. The van der Waals surface area contributed by atoms with E-state index in [0.29, 0.717) is 0 Å². The van der Waals surface area contributed by atoms with Gasteiger partial charge >= 0.3 is 0 Å². The van der Waals surface area contributed by atoms with Crippen LogP contribution in [0.3, 0.4) is 0 Å². The van der Waals surface area contributed by atoms with E-state index < -0.39 is 0 Å². The van der Waals surface area contributed by atoms with E-state index in [1.165, 1.54) is 5.56 Å². The zero-order chi connectivity index (χ0) is 10.7. The highest BCUT2D eigenvalue weighted by atomic mass is 16.5. The molecule has 3 nitrogen and oxygen atoms in total. The second kappa shape index (κ2) is 4.45. The molecule has 0 aliphatic carbocycles. The maximum Gasteiger partial charge on any atom is 0.170 e. The Balaban J connectivity index is 2.26. The summed E-state index contributed by atoms with van der Waals surface area (Å²) in [6.07, 6.45) is 3.18. The molecule has 0 aliphatic heterocycles. The molecule has 1 aromatic heterocycles. The summed E-state index contributed by atoms with van der Waals surface area (Å²) in [5, 5.41) is 5.11. The third-order valence-corrected chi connectivity index (χ3v) is 2.66. The number of para-hydroxylation sites is 1. The van der Waals surface area contributed by atoms with Crippen molar-refractivity contribution in [2.75, 3.05) is 6.54 Å². The summed E-state index contributed by atoms with van der Waals surface area (Å²) in [6, 6.07) is 6.21. The normalized spacial score (nSPS) is 11.1. The van der Waals surface area contributed by atoms with Gasteiger partial charge in [0.25, 0.3) is 0 Å². The summed E-state index contributed by atoms with van der Waals surface area (Å²) in [7, 11) is 0. The maximum absolute atomic E-state index is 5.47. The Kier molecular flexibility index (Phi) is 3.02. The molecule has 0 radical (unpaired) electrons. The van der Waals surface area contributed by atoms with Crippen LogP contribution < -0.4 is 5.73 Å². The largest absolute Gasteiger partial charge is 0.356 e. The van der Waals surface area contributed by atoms with Crippen LogP contribution in [0.4, 0.5) is 0 Å².